The molecule has 12 heteroatoms. The highest BCUT2D eigenvalue weighted by Crippen LogP contribution is 2.36. The Kier molecular flexibility index (Phi) is 7.27. The number of aromatic nitrogens is 4. The van der Waals surface area contributed by atoms with Crippen molar-refractivity contribution in [2.45, 2.75) is 50.3 Å². The van der Waals surface area contributed by atoms with E-state index in [9.17, 15) is 8.42 Å². The Bertz CT molecular complexity index is 1630. The predicted molar refractivity (Wildman–Crippen MR) is 148 cm³/mol. The number of fused-ring (bicyclic) bond motifs is 1. The number of ether oxygens (including phenoxy) is 2. The average molecular weight is 554 g/mol. The molecule has 0 aliphatic heterocycles. The number of nitrogens with one attached hydrogen (secondary N) is 1. The van der Waals surface area contributed by atoms with Gasteiger partial charge in [-0.2, -0.15) is 5.10 Å². The van der Waals surface area contributed by atoms with Gasteiger partial charge in [-0.25, -0.2) is 13.4 Å². The highest BCUT2D eigenvalue weighted by molar-refractivity contribution is 7.92. The zero-order valence-electron chi connectivity index (χ0n) is 22.5. The van der Waals surface area contributed by atoms with Crippen molar-refractivity contribution in [1.82, 2.24) is 19.9 Å². The molecule has 3 aromatic heterocycles. The molecule has 0 saturated carbocycles. The van der Waals surface area contributed by atoms with E-state index in [-0.39, 0.29) is 27.4 Å². The third-order valence-electron chi connectivity index (χ3n) is 6.63. The van der Waals surface area contributed by atoms with Crippen molar-refractivity contribution >= 4 is 34.9 Å². The predicted octanol–water partition coefficient (Wildman–Crippen LogP) is 4.68. The van der Waals surface area contributed by atoms with E-state index in [2.05, 4.69) is 65.3 Å². The van der Waals surface area contributed by atoms with Crippen LogP contribution in [0.5, 0.6) is 11.6 Å². The van der Waals surface area contributed by atoms with Gasteiger partial charge >= 0.3 is 0 Å². The number of benzene rings is 1. The monoisotopic (exact) mass is 553 g/mol. The number of sulfonamides is 1. The Labute approximate surface area is 223 Å². The van der Waals surface area contributed by atoms with E-state index in [1.54, 1.807) is 41.3 Å². The number of hydrogen-bond acceptors (Lipinski definition) is 8. The van der Waals surface area contributed by atoms with Crippen LogP contribution < -0.4 is 14.2 Å². The van der Waals surface area contributed by atoms with Gasteiger partial charge in [0.25, 0.3) is 10.0 Å². The molecule has 3 heterocycles. The maximum absolute atomic E-state index is 13.4. The van der Waals surface area contributed by atoms with Crippen LogP contribution in [-0.4, -0.2) is 50.6 Å². The van der Waals surface area contributed by atoms with Gasteiger partial charge in [0, 0.05) is 24.0 Å². The average Bonchev–Trinajstić information content (AvgIpc) is 3.51. The Hall–Kier alpha value is -3.82. The third-order valence-corrected chi connectivity index (χ3v) is 12.5. The summed E-state index contributed by atoms with van der Waals surface area (Å²) in [7, 11) is -3.09. The summed E-state index contributed by atoms with van der Waals surface area (Å²) in [4.78, 5) is 4.42. The van der Waals surface area contributed by atoms with Gasteiger partial charge in [-0.05, 0) is 29.3 Å². The second-order valence-electron chi connectivity index (χ2n) is 10.3. The Balaban J connectivity index is 1.66. The van der Waals surface area contributed by atoms with E-state index in [1.165, 1.54) is 20.3 Å². The fraction of sp³-hybridized carbons (Fsp3) is 0.346. The van der Waals surface area contributed by atoms with Gasteiger partial charge in [0.15, 0.2) is 11.4 Å². The molecular weight excluding hydrogens is 522 g/mol. The highest BCUT2D eigenvalue weighted by atomic mass is 32.2. The van der Waals surface area contributed by atoms with Crippen LogP contribution >= 0.6 is 0 Å². The first-order chi connectivity index (χ1) is 17.8. The van der Waals surface area contributed by atoms with Gasteiger partial charge in [0.05, 0.1) is 26.5 Å². The van der Waals surface area contributed by atoms with Crippen molar-refractivity contribution in [1.29, 1.82) is 0 Å². The molecule has 0 radical (unpaired) electrons. The van der Waals surface area contributed by atoms with E-state index in [4.69, 9.17) is 14.0 Å². The lowest BCUT2D eigenvalue weighted by atomic mass is 10.2. The fourth-order valence-corrected chi connectivity index (χ4v) is 5.39. The summed E-state index contributed by atoms with van der Waals surface area (Å²) in [6.45, 7) is 11.4. The lowest BCUT2D eigenvalue weighted by molar-refractivity contribution is 0.400. The third kappa shape index (κ3) is 5.53. The minimum Gasteiger partial charge on any atom is -0.495 e. The van der Waals surface area contributed by atoms with E-state index < -0.39 is 18.1 Å². The van der Waals surface area contributed by atoms with Crippen molar-refractivity contribution in [3.05, 3.63) is 54.0 Å². The van der Waals surface area contributed by atoms with Crippen molar-refractivity contribution in [3.8, 4) is 23.1 Å². The molecule has 0 spiro atoms. The number of pyridine rings is 1. The molecule has 1 aromatic carbocycles. The molecule has 0 aliphatic rings. The number of methoxy groups -OCH3 is 2. The molecule has 0 saturated heterocycles. The van der Waals surface area contributed by atoms with E-state index in [0.717, 1.165) is 0 Å². The summed E-state index contributed by atoms with van der Waals surface area (Å²) in [6.07, 6.45) is 3.47. The maximum Gasteiger partial charge on any atom is 0.266 e. The number of anilines is 1. The summed E-state index contributed by atoms with van der Waals surface area (Å²) >= 11 is 0. The molecule has 4 aromatic rings. The first kappa shape index (κ1) is 27.2. The van der Waals surface area contributed by atoms with Crippen LogP contribution in [0.1, 0.15) is 32.0 Å². The standard InChI is InChI=1S/C26H31N5O5SSi/c1-26(2,3)38(6,7)14-11-18-9-10-22(20(15-18)34-4)37(32,33)30-24-23-21(36-29-24)16-19(28-25(23)35-5)17-31-13-8-12-27-31/h8-10,12-13,15-16H,17H2,1-7H3,(H,29,30). The van der Waals surface area contributed by atoms with Crippen LogP contribution in [0.15, 0.2) is 52.1 Å². The minimum absolute atomic E-state index is 0.0427. The van der Waals surface area contributed by atoms with E-state index in [0.29, 0.717) is 28.8 Å². The first-order valence-corrected chi connectivity index (χ1v) is 16.4. The molecular formula is C26H31N5O5SSi. The summed E-state index contributed by atoms with van der Waals surface area (Å²) < 4.78 is 47.2. The van der Waals surface area contributed by atoms with Crippen LogP contribution in [-0.2, 0) is 16.6 Å². The molecule has 10 nitrogen and oxygen atoms in total. The molecule has 4 rings (SSSR count). The summed E-state index contributed by atoms with van der Waals surface area (Å²) in [5.41, 5.74) is 5.04. The quantitative estimate of drug-likeness (QED) is 0.259. The molecule has 0 bridgehead atoms. The van der Waals surface area contributed by atoms with Gasteiger partial charge in [0.1, 0.15) is 24.1 Å². The zero-order valence-corrected chi connectivity index (χ0v) is 24.3. The zero-order chi connectivity index (χ0) is 27.7. The van der Waals surface area contributed by atoms with Crippen molar-refractivity contribution < 1.29 is 22.4 Å². The summed E-state index contributed by atoms with van der Waals surface area (Å²) in [5.74, 6) is 3.50. The van der Waals surface area contributed by atoms with Gasteiger partial charge in [-0.3, -0.25) is 9.40 Å². The second-order valence-corrected chi connectivity index (χ2v) is 17.0. The van der Waals surface area contributed by atoms with Crippen molar-refractivity contribution in [2.75, 3.05) is 18.9 Å². The smallest absolute Gasteiger partial charge is 0.266 e. The van der Waals surface area contributed by atoms with Gasteiger partial charge in [-0.15, -0.1) is 5.54 Å². The molecule has 0 atom stereocenters. The molecule has 0 amide bonds. The van der Waals surface area contributed by atoms with Crippen LogP contribution in [0.2, 0.25) is 18.1 Å². The SMILES string of the molecule is COc1cc(C#C[Si](C)(C)C(C)(C)C)ccc1S(=O)(=O)Nc1noc2cc(Cn3cccn3)nc(OC)c12. The lowest BCUT2D eigenvalue weighted by Crippen LogP contribution is -2.35. The molecule has 0 unspecified atom stereocenters. The van der Waals surface area contributed by atoms with Crippen LogP contribution in [0, 0.1) is 11.5 Å². The van der Waals surface area contributed by atoms with Gasteiger partial charge in [0.2, 0.25) is 5.88 Å². The van der Waals surface area contributed by atoms with Crippen molar-refractivity contribution in [2.24, 2.45) is 0 Å². The number of nitrogens with zero attached hydrogens (tertiary/aromatic N) is 4. The van der Waals surface area contributed by atoms with E-state index >= 15 is 0 Å². The summed E-state index contributed by atoms with van der Waals surface area (Å²) in [5, 5.41) is 8.52. The Morgan fingerprint density at radius 3 is 2.55 bits per heavy atom. The number of hydrogen-bond donors (Lipinski definition) is 1. The van der Waals surface area contributed by atoms with Gasteiger partial charge < -0.3 is 14.0 Å². The second kappa shape index (κ2) is 10.1. The van der Waals surface area contributed by atoms with Crippen LogP contribution in [0.3, 0.4) is 0 Å². The molecule has 1 N–H and O–H groups in total. The molecule has 200 valence electrons. The van der Waals surface area contributed by atoms with Crippen LogP contribution in [0.4, 0.5) is 5.82 Å². The normalized spacial score (nSPS) is 12.2. The van der Waals surface area contributed by atoms with E-state index in [1.807, 2.05) is 0 Å². The fourth-order valence-electron chi connectivity index (χ4n) is 3.40. The Morgan fingerprint density at radius 2 is 1.92 bits per heavy atom. The molecule has 0 fully saturated rings. The first-order valence-electron chi connectivity index (χ1n) is 11.9. The minimum atomic E-state index is -4.11. The maximum atomic E-state index is 13.4. The van der Waals surface area contributed by atoms with Crippen LogP contribution in [0.25, 0.3) is 11.0 Å². The molecule has 0 aliphatic carbocycles. The largest absolute Gasteiger partial charge is 0.495 e. The van der Waals surface area contributed by atoms with Crippen molar-refractivity contribution in [3.63, 3.8) is 0 Å². The van der Waals surface area contributed by atoms with Gasteiger partial charge in [-0.1, -0.05) is 44.9 Å². The Morgan fingerprint density at radius 1 is 1.16 bits per heavy atom. The highest BCUT2D eigenvalue weighted by Gasteiger charge is 2.33. The topological polar surface area (TPSA) is 121 Å². The summed E-state index contributed by atoms with van der Waals surface area (Å²) in [6, 6.07) is 8.23. The number of rotatable bonds is 7. The molecule has 38 heavy (non-hydrogen) atoms. The lowest BCUT2D eigenvalue weighted by Gasteiger charge is -2.31.